The van der Waals surface area contributed by atoms with E-state index in [0.29, 0.717) is 17.4 Å². The van der Waals surface area contributed by atoms with Gasteiger partial charge < -0.3 is 10.6 Å². The number of benzene rings is 1. The predicted octanol–water partition coefficient (Wildman–Crippen LogP) is 3.00. The molecule has 4 aliphatic carbocycles. The average molecular weight is 324 g/mol. The number of amides is 1. The number of rotatable bonds is 3. The quantitative estimate of drug-likeness (QED) is 0.897. The van der Waals surface area contributed by atoms with Crippen LogP contribution in [-0.2, 0) is 10.2 Å². The summed E-state index contributed by atoms with van der Waals surface area (Å²) >= 11 is 0. The zero-order valence-electron chi connectivity index (χ0n) is 14.6. The molecule has 3 heteroatoms. The van der Waals surface area contributed by atoms with Gasteiger partial charge in [0.1, 0.15) is 0 Å². The van der Waals surface area contributed by atoms with Crippen molar-refractivity contribution in [2.45, 2.75) is 56.9 Å². The Kier molecular flexibility index (Phi) is 3.02. The lowest BCUT2D eigenvalue weighted by Gasteiger charge is -2.65. The first-order chi connectivity index (χ1) is 11.5. The van der Waals surface area contributed by atoms with E-state index >= 15 is 0 Å². The fourth-order valence-corrected chi connectivity index (χ4v) is 7.02. The summed E-state index contributed by atoms with van der Waals surface area (Å²) in [5.41, 5.74) is 1.91. The number of hydrogen-bond donors (Lipinski definition) is 2. The molecule has 4 saturated carbocycles. The molecule has 1 aromatic carbocycles. The molecule has 3 nitrogen and oxygen atoms in total. The number of carbonyl (C=O) groups is 1. The highest BCUT2D eigenvalue weighted by molar-refractivity contribution is 5.84. The molecule has 1 saturated heterocycles. The molecule has 24 heavy (non-hydrogen) atoms. The van der Waals surface area contributed by atoms with Crippen molar-refractivity contribution in [2.24, 2.45) is 16.7 Å². The van der Waals surface area contributed by atoms with Crippen LogP contribution in [-0.4, -0.2) is 25.0 Å². The molecule has 0 spiro atoms. The molecule has 2 N–H and O–H groups in total. The molecule has 1 aromatic rings. The van der Waals surface area contributed by atoms with E-state index in [0.717, 1.165) is 38.3 Å². The van der Waals surface area contributed by atoms with E-state index in [1.807, 2.05) is 0 Å². The lowest BCUT2D eigenvalue weighted by molar-refractivity contribution is -0.161. The van der Waals surface area contributed by atoms with E-state index in [1.165, 1.54) is 24.8 Å². The van der Waals surface area contributed by atoms with Gasteiger partial charge in [0.05, 0.1) is 11.5 Å². The number of carbonyl (C=O) groups excluding carboxylic acids is 1. The molecule has 0 radical (unpaired) electrons. The van der Waals surface area contributed by atoms with Gasteiger partial charge in [-0.25, -0.2) is 0 Å². The predicted molar refractivity (Wildman–Crippen MR) is 94.7 cm³/mol. The lowest BCUT2D eigenvalue weighted by atomic mass is 9.38. The second kappa shape index (κ2) is 4.85. The normalized spacial score (nSPS) is 43.5. The third-order valence-corrected chi connectivity index (χ3v) is 7.33. The Morgan fingerprint density at radius 3 is 2.54 bits per heavy atom. The zero-order valence-corrected chi connectivity index (χ0v) is 14.6. The van der Waals surface area contributed by atoms with E-state index in [9.17, 15) is 4.79 Å². The largest absolute Gasteiger partial charge is 0.350 e. The van der Waals surface area contributed by atoms with Crippen LogP contribution in [0.2, 0.25) is 0 Å². The molecule has 0 aromatic heterocycles. The van der Waals surface area contributed by atoms with Gasteiger partial charge in [0, 0.05) is 13.1 Å². The molecular weight excluding hydrogens is 296 g/mol. The van der Waals surface area contributed by atoms with Crippen molar-refractivity contribution in [3.05, 3.63) is 35.9 Å². The number of nitrogens with one attached hydrogen (secondary N) is 2. The summed E-state index contributed by atoms with van der Waals surface area (Å²) in [6, 6.07) is 11.4. The minimum absolute atomic E-state index is 0.125. The van der Waals surface area contributed by atoms with Crippen molar-refractivity contribution < 1.29 is 4.79 Å². The first-order valence-electron chi connectivity index (χ1n) is 9.58. The van der Waals surface area contributed by atoms with Gasteiger partial charge in [-0.3, -0.25) is 4.79 Å². The van der Waals surface area contributed by atoms with Crippen molar-refractivity contribution in [3.8, 4) is 0 Å². The SMILES string of the molecule is CC12CC3CC(C(=O)NC4CNC4)(C1)CC(c1ccccc1)(C3)C2. The van der Waals surface area contributed by atoms with Crippen LogP contribution in [0.1, 0.15) is 51.0 Å². The van der Waals surface area contributed by atoms with Gasteiger partial charge in [-0.15, -0.1) is 0 Å². The summed E-state index contributed by atoms with van der Waals surface area (Å²) in [6.07, 6.45) is 7.14. The molecule has 1 amide bonds. The van der Waals surface area contributed by atoms with Crippen LogP contribution in [0, 0.1) is 16.7 Å². The highest BCUT2D eigenvalue weighted by Gasteiger charge is 2.64. The minimum atomic E-state index is -0.125. The highest BCUT2D eigenvalue weighted by atomic mass is 16.2. The minimum Gasteiger partial charge on any atom is -0.350 e. The highest BCUT2D eigenvalue weighted by Crippen LogP contribution is 2.70. The maximum atomic E-state index is 13.3. The van der Waals surface area contributed by atoms with Gasteiger partial charge in [-0.05, 0) is 60.8 Å². The molecule has 128 valence electrons. The summed E-state index contributed by atoms with van der Waals surface area (Å²) in [5, 5.41) is 6.62. The van der Waals surface area contributed by atoms with Gasteiger partial charge in [-0.1, -0.05) is 37.3 Å². The van der Waals surface area contributed by atoms with Gasteiger partial charge in [-0.2, -0.15) is 0 Å². The molecule has 5 aliphatic rings. The third kappa shape index (κ3) is 2.10. The van der Waals surface area contributed by atoms with Gasteiger partial charge in [0.15, 0.2) is 0 Å². The van der Waals surface area contributed by atoms with E-state index in [2.05, 4.69) is 47.9 Å². The summed E-state index contributed by atoms with van der Waals surface area (Å²) in [7, 11) is 0. The molecule has 5 fully saturated rings. The van der Waals surface area contributed by atoms with E-state index < -0.39 is 0 Å². The number of hydrogen-bond acceptors (Lipinski definition) is 2. The van der Waals surface area contributed by atoms with Crippen LogP contribution < -0.4 is 10.6 Å². The van der Waals surface area contributed by atoms with Crippen molar-refractivity contribution in [1.29, 1.82) is 0 Å². The van der Waals surface area contributed by atoms with Crippen LogP contribution >= 0.6 is 0 Å². The van der Waals surface area contributed by atoms with Crippen molar-refractivity contribution in [1.82, 2.24) is 10.6 Å². The Bertz CT molecular complexity index is 670. The topological polar surface area (TPSA) is 41.1 Å². The molecule has 6 rings (SSSR count). The van der Waals surface area contributed by atoms with Crippen molar-refractivity contribution in [2.75, 3.05) is 13.1 Å². The molecule has 4 unspecified atom stereocenters. The molecule has 4 atom stereocenters. The van der Waals surface area contributed by atoms with Crippen LogP contribution in [0.5, 0.6) is 0 Å². The zero-order chi connectivity index (χ0) is 16.4. The maximum Gasteiger partial charge on any atom is 0.226 e. The molecule has 1 heterocycles. The van der Waals surface area contributed by atoms with E-state index in [1.54, 1.807) is 0 Å². The second-order valence-corrected chi connectivity index (χ2v) is 9.57. The smallest absolute Gasteiger partial charge is 0.226 e. The Morgan fingerprint density at radius 1 is 1.08 bits per heavy atom. The Balaban J connectivity index is 1.52. The standard InChI is InChI=1S/C21H28N2O/c1-19-7-15-8-20(12-19,16-5-3-2-4-6-16)14-21(9-15,13-19)18(24)23-17-10-22-11-17/h2-6,15,17,22H,7-14H2,1H3,(H,23,24). The van der Waals surface area contributed by atoms with Gasteiger partial charge in [0.2, 0.25) is 5.91 Å². The monoisotopic (exact) mass is 324 g/mol. The average Bonchev–Trinajstić information content (AvgIpc) is 2.49. The summed E-state index contributed by atoms with van der Waals surface area (Å²) in [5.74, 6) is 1.07. The Hall–Kier alpha value is -1.35. The lowest BCUT2D eigenvalue weighted by Crippen LogP contribution is -2.65. The van der Waals surface area contributed by atoms with Crippen LogP contribution in [0.4, 0.5) is 0 Å². The first-order valence-corrected chi connectivity index (χ1v) is 9.58. The Morgan fingerprint density at radius 2 is 1.88 bits per heavy atom. The fraction of sp³-hybridized carbons (Fsp3) is 0.667. The molecule has 4 bridgehead atoms. The summed E-state index contributed by atoms with van der Waals surface area (Å²) in [6.45, 7) is 4.32. The summed E-state index contributed by atoms with van der Waals surface area (Å²) < 4.78 is 0. The van der Waals surface area contributed by atoms with Crippen LogP contribution in [0.25, 0.3) is 0 Å². The second-order valence-electron chi connectivity index (χ2n) is 9.57. The van der Waals surface area contributed by atoms with Crippen LogP contribution in [0.15, 0.2) is 30.3 Å². The summed E-state index contributed by atoms with van der Waals surface area (Å²) in [4.78, 5) is 13.3. The van der Waals surface area contributed by atoms with E-state index in [4.69, 9.17) is 0 Å². The van der Waals surface area contributed by atoms with Crippen molar-refractivity contribution >= 4 is 5.91 Å². The van der Waals surface area contributed by atoms with Gasteiger partial charge >= 0.3 is 0 Å². The molecular formula is C21H28N2O. The van der Waals surface area contributed by atoms with Gasteiger partial charge in [0.25, 0.3) is 0 Å². The fourth-order valence-electron chi connectivity index (χ4n) is 7.02. The molecule has 1 aliphatic heterocycles. The third-order valence-electron chi connectivity index (χ3n) is 7.33. The van der Waals surface area contributed by atoms with Crippen LogP contribution in [0.3, 0.4) is 0 Å². The van der Waals surface area contributed by atoms with Crippen molar-refractivity contribution in [3.63, 3.8) is 0 Å². The maximum absolute atomic E-state index is 13.3. The first kappa shape index (κ1) is 14.9. The van der Waals surface area contributed by atoms with E-state index in [-0.39, 0.29) is 10.8 Å². The Labute approximate surface area is 144 Å².